The van der Waals surface area contributed by atoms with Crippen LogP contribution in [0.2, 0.25) is 0 Å². The summed E-state index contributed by atoms with van der Waals surface area (Å²) in [5.41, 5.74) is 2.62. The molecular formula is C23H22N2O2. The number of pyridine rings is 1. The number of aromatic nitrogens is 1. The second kappa shape index (κ2) is 6.54. The van der Waals surface area contributed by atoms with Gasteiger partial charge >= 0.3 is 0 Å². The quantitative estimate of drug-likeness (QED) is 0.680. The second-order valence-corrected chi connectivity index (χ2v) is 7.25. The van der Waals surface area contributed by atoms with Crippen LogP contribution in [0.4, 0.5) is 0 Å². The molecule has 0 fully saturated rings. The van der Waals surface area contributed by atoms with Gasteiger partial charge in [0.15, 0.2) is 6.73 Å². The molecule has 4 rings (SSSR count). The van der Waals surface area contributed by atoms with Crippen LogP contribution in [0.1, 0.15) is 32.0 Å². The molecule has 3 aromatic rings. The number of carbonyl (C=O) groups excluding carboxylic acids is 1. The summed E-state index contributed by atoms with van der Waals surface area (Å²) in [6.45, 7) is 6.07. The average molecular weight is 358 g/mol. The van der Waals surface area contributed by atoms with E-state index < -0.39 is 5.54 Å². The first-order valence-electron chi connectivity index (χ1n) is 9.06. The summed E-state index contributed by atoms with van der Waals surface area (Å²) in [6.07, 6.45) is 0. The minimum Gasteiger partial charge on any atom is -0.477 e. The highest BCUT2D eigenvalue weighted by molar-refractivity contribution is 6.20. The van der Waals surface area contributed by atoms with E-state index >= 15 is 0 Å². The van der Waals surface area contributed by atoms with Crippen molar-refractivity contribution in [2.45, 2.75) is 26.3 Å². The van der Waals surface area contributed by atoms with Crippen LogP contribution in [0.15, 0.2) is 72.5 Å². The summed E-state index contributed by atoms with van der Waals surface area (Å²) in [5.74, 6) is 0.620. The molecule has 1 aromatic heterocycles. The minimum atomic E-state index is -0.609. The summed E-state index contributed by atoms with van der Waals surface area (Å²) in [7, 11) is 0. The molecular weight excluding hydrogens is 336 g/mol. The Hall–Kier alpha value is -3.14. The van der Waals surface area contributed by atoms with Crippen LogP contribution in [-0.4, -0.2) is 22.5 Å². The van der Waals surface area contributed by atoms with Crippen LogP contribution in [0, 0.1) is 0 Å². The lowest BCUT2D eigenvalue weighted by Crippen LogP contribution is -2.49. The summed E-state index contributed by atoms with van der Waals surface area (Å²) < 4.78 is 5.88. The molecule has 2 heterocycles. The molecule has 4 nitrogen and oxygen atoms in total. The van der Waals surface area contributed by atoms with E-state index in [0.29, 0.717) is 11.3 Å². The lowest BCUT2D eigenvalue weighted by Gasteiger charge is -2.41. The van der Waals surface area contributed by atoms with Gasteiger partial charge in [0.1, 0.15) is 5.76 Å². The topological polar surface area (TPSA) is 42.4 Å². The van der Waals surface area contributed by atoms with E-state index in [1.807, 2.05) is 87.5 Å². The van der Waals surface area contributed by atoms with Crippen molar-refractivity contribution < 1.29 is 9.53 Å². The number of hydrogen-bond acceptors (Lipinski definition) is 3. The van der Waals surface area contributed by atoms with Crippen LogP contribution in [0.25, 0.3) is 16.5 Å². The smallest absolute Gasteiger partial charge is 0.261 e. The van der Waals surface area contributed by atoms with Crippen molar-refractivity contribution in [2.24, 2.45) is 0 Å². The van der Waals surface area contributed by atoms with Gasteiger partial charge < -0.3 is 4.74 Å². The van der Waals surface area contributed by atoms with E-state index in [0.717, 1.165) is 22.2 Å². The van der Waals surface area contributed by atoms with Gasteiger partial charge in [0.05, 0.1) is 22.3 Å². The SMILES string of the molecule is CC1=C(c2ccccc2)C(=O)N(C(C)(C)c2ccc3ccccc3n2)CO1. The Bertz CT molecular complexity index is 1040. The van der Waals surface area contributed by atoms with Gasteiger partial charge in [0.25, 0.3) is 5.91 Å². The Labute approximate surface area is 159 Å². The number of hydrogen-bond donors (Lipinski definition) is 0. The molecule has 27 heavy (non-hydrogen) atoms. The summed E-state index contributed by atoms with van der Waals surface area (Å²) in [6, 6.07) is 21.7. The third kappa shape index (κ3) is 2.97. The van der Waals surface area contributed by atoms with Crippen LogP contribution < -0.4 is 0 Å². The standard InChI is InChI=1S/C23H22N2O2/c1-16-21(18-10-5-4-6-11-18)22(26)25(15-27-16)23(2,3)20-14-13-17-9-7-8-12-19(17)24-20/h4-14H,15H2,1-3H3. The van der Waals surface area contributed by atoms with Crippen LogP contribution in [0.5, 0.6) is 0 Å². The number of para-hydroxylation sites is 1. The predicted molar refractivity (Wildman–Crippen MR) is 107 cm³/mol. The van der Waals surface area contributed by atoms with Crippen molar-refractivity contribution in [1.29, 1.82) is 0 Å². The predicted octanol–water partition coefficient (Wildman–Crippen LogP) is 4.72. The normalized spacial score (nSPS) is 15.2. The Morgan fingerprint density at radius 3 is 2.44 bits per heavy atom. The number of fused-ring (bicyclic) bond motifs is 1. The number of allylic oxidation sites excluding steroid dienone is 1. The monoisotopic (exact) mass is 358 g/mol. The summed E-state index contributed by atoms with van der Waals surface area (Å²) >= 11 is 0. The Morgan fingerprint density at radius 1 is 0.963 bits per heavy atom. The number of amides is 1. The molecule has 0 atom stereocenters. The molecule has 2 aromatic carbocycles. The fourth-order valence-electron chi connectivity index (χ4n) is 3.47. The van der Waals surface area contributed by atoms with Gasteiger partial charge in [-0.15, -0.1) is 0 Å². The van der Waals surface area contributed by atoms with Gasteiger partial charge in [-0.05, 0) is 38.5 Å². The minimum absolute atomic E-state index is 0.0371. The molecule has 0 saturated carbocycles. The van der Waals surface area contributed by atoms with E-state index in [-0.39, 0.29) is 12.6 Å². The highest BCUT2D eigenvalue weighted by atomic mass is 16.5. The van der Waals surface area contributed by atoms with Crippen LogP contribution in [0.3, 0.4) is 0 Å². The van der Waals surface area contributed by atoms with E-state index in [2.05, 4.69) is 0 Å². The largest absolute Gasteiger partial charge is 0.477 e. The highest BCUT2D eigenvalue weighted by Gasteiger charge is 2.39. The number of carbonyl (C=O) groups is 1. The van der Waals surface area contributed by atoms with Gasteiger partial charge in [0.2, 0.25) is 0 Å². The fourth-order valence-corrected chi connectivity index (χ4v) is 3.47. The third-order valence-corrected chi connectivity index (χ3v) is 5.18. The second-order valence-electron chi connectivity index (χ2n) is 7.25. The zero-order valence-electron chi connectivity index (χ0n) is 15.8. The maximum absolute atomic E-state index is 13.4. The Balaban J connectivity index is 1.74. The maximum atomic E-state index is 13.4. The van der Waals surface area contributed by atoms with Gasteiger partial charge in [0, 0.05) is 5.39 Å². The van der Waals surface area contributed by atoms with Crippen LogP contribution in [-0.2, 0) is 15.1 Å². The van der Waals surface area contributed by atoms with Gasteiger partial charge in [-0.1, -0.05) is 54.6 Å². The fraction of sp³-hybridized carbons (Fsp3) is 0.217. The van der Waals surface area contributed by atoms with Gasteiger partial charge in [-0.25, -0.2) is 0 Å². The molecule has 1 amide bonds. The summed E-state index contributed by atoms with van der Waals surface area (Å²) in [5, 5.41) is 1.08. The molecule has 1 aliphatic heterocycles. The molecule has 0 spiro atoms. The van der Waals surface area contributed by atoms with Crippen molar-refractivity contribution in [2.75, 3.05) is 6.73 Å². The number of benzene rings is 2. The van der Waals surface area contributed by atoms with E-state index in [1.165, 1.54) is 0 Å². The lowest BCUT2D eigenvalue weighted by molar-refractivity contribution is -0.139. The van der Waals surface area contributed by atoms with E-state index in [9.17, 15) is 4.79 Å². The van der Waals surface area contributed by atoms with E-state index in [1.54, 1.807) is 4.90 Å². The van der Waals surface area contributed by atoms with Gasteiger partial charge in [-0.3, -0.25) is 14.7 Å². The average Bonchev–Trinajstić information content (AvgIpc) is 2.68. The molecule has 0 N–H and O–H groups in total. The van der Waals surface area contributed by atoms with Crippen molar-refractivity contribution >= 4 is 22.4 Å². The van der Waals surface area contributed by atoms with Gasteiger partial charge in [-0.2, -0.15) is 0 Å². The summed E-state index contributed by atoms with van der Waals surface area (Å²) in [4.78, 5) is 19.9. The Morgan fingerprint density at radius 2 is 1.67 bits per heavy atom. The highest BCUT2D eigenvalue weighted by Crippen LogP contribution is 2.35. The zero-order chi connectivity index (χ0) is 19.0. The van der Waals surface area contributed by atoms with Crippen molar-refractivity contribution in [1.82, 2.24) is 9.88 Å². The first-order valence-corrected chi connectivity index (χ1v) is 9.06. The number of ether oxygens (including phenoxy) is 1. The lowest BCUT2D eigenvalue weighted by atomic mass is 9.93. The number of rotatable bonds is 3. The molecule has 0 saturated heterocycles. The molecule has 136 valence electrons. The molecule has 0 bridgehead atoms. The molecule has 1 aliphatic rings. The first kappa shape index (κ1) is 17.3. The van der Waals surface area contributed by atoms with Crippen molar-refractivity contribution in [3.8, 4) is 0 Å². The molecule has 0 radical (unpaired) electrons. The maximum Gasteiger partial charge on any atom is 0.261 e. The van der Waals surface area contributed by atoms with Crippen molar-refractivity contribution in [3.05, 3.63) is 83.7 Å². The number of nitrogens with zero attached hydrogens (tertiary/aromatic N) is 2. The van der Waals surface area contributed by atoms with E-state index in [4.69, 9.17) is 9.72 Å². The first-order chi connectivity index (χ1) is 13.0. The zero-order valence-corrected chi connectivity index (χ0v) is 15.8. The Kier molecular flexibility index (Phi) is 4.19. The third-order valence-electron chi connectivity index (χ3n) is 5.18. The van der Waals surface area contributed by atoms with Crippen molar-refractivity contribution in [3.63, 3.8) is 0 Å². The molecule has 0 aliphatic carbocycles. The molecule has 4 heteroatoms. The van der Waals surface area contributed by atoms with Crippen LogP contribution >= 0.6 is 0 Å². The molecule has 0 unspecified atom stereocenters.